The number of carbonyl (C=O) groups excluding carboxylic acids is 3. The van der Waals surface area contributed by atoms with Crippen LogP contribution in [0.5, 0.6) is 0 Å². The number of nitro groups is 1. The number of nitrogens with one attached hydrogen (secondary N) is 1. The van der Waals surface area contributed by atoms with E-state index in [4.69, 9.17) is 11.6 Å². The zero-order valence-electron chi connectivity index (χ0n) is 13.9. The van der Waals surface area contributed by atoms with Crippen LogP contribution in [-0.2, 0) is 9.59 Å². The zero-order valence-corrected chi connectivity index (χ0v) is 14.7. The summed E-state index contributed by atoms with van der Waals surface area (Å²) in [6.07, 6.45) is 1.26. The minimum absolute atomic E-state index is 0.122. The minimum atomic E-state index is -0.879. The number of non-ortho nitro benzene ring substituents is 1. The molecule has 1 fully saturated rings. The molecule has 8 nitrogen and oxygen atoms in total. The number of amides is 4. The number of aryl methyl sites for hydroxylation is 1. The van der Waals surface area contributed by atoms with Crippen molar-refractivity contribution < 1.29 is 19.3 Å². The van der Waals surface area contributed by atoms with Gasteiger partial charge in [0, 0.05) is 17.2 Å². The van der Waals surface area contributed by atoms with E-state index in [1.807, 2.05) is 0 Å². The van der Waals surface area contributed by atoms with Crippen LogP contribution in [-0.4, -0.2) is 22.8 Å². The highest BCUT2D eigenvalue weighted by molar-refractivity contribution is 6.39. The standard InChI is InChI=1S/C18H12ClN3O5/c1-10-2-5-12(19)9-15(10)21-17(24)14(16(23)20-18(21)25)8-11-3-6-13(7-4-11)22(26)27/h2-9H,1H3,(H,20,23,25)/b14-8+. The molecule has 1 N–H and O–H groups in total. The lowest BCUT2D eigenvalue weighted by molar-refractivity contribution is -0.384. The van der Waals surface area contributed by atoms with Crippen LogP contribution in [0.1, 0.15) is 11.1 Å². The Morgan fingerprint density at radius 2 is 1.78 bits per heavy atom. The molecular weight excluding hydrogens is 374 g/mol. The van der Waals surface area contributed by atoms with Gasteiger partial charge in [-0.15, -0.1) is 0 Å². The molecular formula is C18H12ClN3O5. The fraction of sp³-hybridized carbons (Fsp3) is 0.0556. The Morgan fingerprint density at radius 3 is 2.41 bits per heavy atom. The van der Waals surface area contributed by atoms with Crippen LogP contribution in [0.4, 0.5) is 16.2 Å². The normalized spacial score (nSPS) is 15.9. The molecule has 1 aliphatic rings. The van der Waals surface area contributed by atoms with Gasteiger partial charge in [0.2, 0.25) is 0 Å². The summed E-state index contributed by atoms with van der Waals surface area (Å²) in [6.45, 7) is 1.70. The van der Waals surface area contributed by atoms with Crippen molar-refractivity contribution in [3.63, 3.8) is 0 Å². The van der Waals surface area contributed by atoms with E-state index in [0.29, 0.717) is 16.1 Å². The summed E-state index contributed by atoms with van der Waals surface area (Å²) in [6, 6.07) is 9.14. The SMILES string of the molecule is Cc1ccc(Cl)cc1N1C(=O)NC(=O)/C(=C\c2ccc([N+](=O)[O-])cc2)C1=O. The van der Waals surface area contributed by atoms with E-state index >= 15 is 0 Å². The highest BCUT2D eigenvalue weighted by atomic mass is 35.5. The number of rotatable bonds is 3. The van der Waals surface area contributed by atoms with Gasteiger partial charge in [-0.2, -0.15) is 0 Å². The third kappa shape index (κ3) is 3.56. The molecule has 0 aromatic heterocycles. The van der Waals surface area contributed by atoms with Crippen molar-refractivity contribution in [2.24, 2.45) is 0 Å². The van der Waals surface area contributed by atoms with Crippen molar-refractivity contribution in [1.29, 1.82) is 0 Å². The van der Waals surface area contributed by atoms with Gasteiger partial charge in [0.25, 0.3) is 17.5 Å². The molecule has 0 saturated carbocycles. The molecule has 2 aromatic rings. The van der Waals surface area contributed by atoms with Crippen molar-refractivity contribution in [3.8, 4) is 0 Å². The van der Waals surface area contributed by atoms with Crippen molar-refractivity contribution in [1.82, 2.24) is 5.32 Å². The molecule has 0 spiro atoms. The second kappa shape index (κ2) is 7.00. The van der Waals surface area contributed by atoms with Gasteiger partial charge in [-0.25, -0.2) is 9.69 Å². The monoisotopic (exact) mass is 385 g/mol. The second-order valence-corrected chi connectivity index (χ2v) is 6.17. The molecule has 0 atom stereocenters. The molecule has 136 valence electrons. The van der Waals surface area contributed by atoms with Crippen molar-refractivity contribution >= 4 is 46.9 Å². The van der Waals surface area contributed by atoms with Crippen molar-refractivity contribution in [2.75, 3.05) is 4.90 Å². The van der Waals surface area contributed by atoms with Gasteiger partial charge in [0.15, 0.2) is 0 Å². The lowest BCUT2D eigenvalue weighted by Gasteiger charge is -2.27. The summed E-state index contributed by atoms with van der Waals surface area (Å²) < 4.78 is 0. The molecule has 1 heterocycles. The number of hydrogen-bond donors (Lipinski definition) is 1. The van der Waals surface area contributed by atoms with E-state index in [0.717, 1.165) is 4.90 Å². The van der Waals surface area contributed by atoms with Gasteiger partial charge in [0.05, 0.1) is 10.6 Å². The number of barbiturate groups is 1. The number of anilines is 1. The summed E-state index contributed by atoms with van der Waals surface area (Å²) in [7, 11) is 0. The fourth-order valence-electron chi connectivity index (χ4n) is 2.56. The maximum atomic E-state index is 12.8. The zero-order chi connectivity index (χ0) is 19.7. The number of nitro benzene ring substituents is 1. The third-order valence-electron chi connectivity index (χ3n) is 3.93. The first kappa shape index (κ1) is 18.3. The predicted octanol–water partition coefficient (Wildman–Crippen LogP) is 3.22. The molecule has 0 radical (unpaired) electrons. The topological polar surface area (TPSA) is 110 Å². The van der Waals surface area contributed by atoms with Crippen LogP contribution in [0.15, 0.2) is 48.0 Å². The first-order chi connectivity index (χ1) is 12.8. The van der Waals surface area contributed by atoms with E-state index in [-0.39, 0.29) is 16.9 Å². The van der Waals surface area contributed by atoms with Gasteiger partial charge < -0.3 is 0 Å². The Hall–Kier alpha value is -3.52. The molecule has 1 saturated heterocycles. The van der Waals surface area contributed by atoms with Crippen molar-refractivity contribution in [3.05, 3.63) is 74.3 Å². The molecule has 9 heteroatoms. The Balaban J connectivity index is 2.02. The summed E-state index contributed by atoms with van der Waals surface area (Å²) in [4.78, 5) is 48.2. The van der Waals surface area contributed by atoms with E-state index in [9.17, 15) is 24.5 Å². The van der Waals surface area contributed by atoms with Crippen LogP contribution < -0.4 is 10.2 Å². The number of benzene rings is 2. The molecule has 2 aromatic carbocycles. The summed E-state index contributed by atoms with van der Waals surface area (Å²) in [5.41, 5.74) is 0.876. The highest BCUT2D eigenvalue weighted by Crippen LogP contribution is 2.28. The number of carbonyl (C=O) groups is 3. The Kier molecular flexibility index (Phi) is 4.74. The van der Waals surface area contributed by atoms with Gasteiger partial charge in [-0.05, 0) is 48.4 Å². The van der Waals surface area contributed by atoms with Crippen LogP contribution >= 0.6 is 11.6 Å². The smallest absolute Gasteiger partial charge is 0.273 e. The number of imide groups is 2. The maximum Gasteiger partial charge on any atom is 0.335 e. The fourth-order valence-corrected chi connectivity index (χ4v) is 2.72. The number of hydrogen-bond acceptors (Lipinski definition) is 5. The molecule has 0 bridgehead atoms. The third-order valence-corrected chi connectivity index (χ3v) is 4.16. The van der Waals surface area contributed by atoms with Crippen LogP contribution in [0.25, 0.3) is 6.08 Å². The predicted molar refractivity (Wildman–Crippen MR) is 98.3 cm³/mol. The average molecular weight is 386 g/mol. The van der Waals surface area contributed by atoms with Crippen LogP contribution in [0, 0.1) is 17.0 Å². The first-order valence-electron chi connectivity index (χ1n) is 7.70. The Bertz CT molecular complexity index is 1010. The highest BCUT2D eigenvalue weighted by Gasteiger charge is 2.37. The van der Waals surface area contributed by atoms with E-state index in [1.54, 1.807) is 19.1 Å². The molecule has 1 aliphatic heterocycles. The van der Waals surface area contributed by atoms with E-state index < -0.39 is 22.8 Å². The van der Waals surface area contributed by atoms with Gasteiger partial charge >= 0.3 is 6.03 Å². The Labute approximate surface area is 158 Å². The maximum absolute atomic E-state index is 12.8. The summed E-state index contributed by atoms with van der Waals surface area (Å²) in [5.74, 6) is -1.66. The molecule has 4 amide bonds. The van der Waals surface area contributed by atoms with Gasteiger partial charge in [-0.3, -0.25) is 25.0 Å². The van der Waals surface area contributed by atoms with Crippen LogP contribution in [0.3, 0.4) is 0 Å². The summed E-state index contributed by atoms with van der Waals surface area (Å²) >= 11 is 5.96. The molecule has 0 unspecified atom stereocenters. The number of urea groups is 1. The minimum Gasteiger partial charge on any atom is -0.273 e. The number of nitrogens with zero attached hydrogens (tertiary/aromatic N) is 2. The lowest BCUT2D eigenvalue weighted by atomic mass is 10.1. The molecule has 0 aliphatic carbocycles. The van der Waals surface area contributed by atoms with Gasteiger partial charge in [0.1, 0.15) is 5.57 Å². The Morgan fingerprint density at radius 1 is 1.11 bits per heavy atom. The number of halogens is 1. The van der Waals surface area contributed by atoms with E-state index in [2.05, 4.69) is 5.32 Å². The second-order valence-electron chi connectivity index (χ2n) is 5.74. The largest absolute Gasteiger partial charge is 0.335 e. The summed E-state index contributed by atoms with van der Waals surface area (Å²) in [5, 5.41) is 13.2. The quantitative estimate of drug-likeness (QED) is 0.377. The average Bonchev–Trinajstić information content (AvgIpc) is 2.61. The first-order valence-corrected chi connectivity index (χ1v) is 8.08. The van der Waals surface area contributed by atoms with E-state index in [1.165, 1.54) is 36.4 Å². The van der Waals surface area contributed by atoms with Crippen molar-refractivity contribution in [2.45, 2.75) is 6.92 Å². The van der Waals surface area contributed by atoms with Gasteiger partial charge in [-0.1, -0.05) is 17.7 Å². The van der Waals surface area contributed by atoms with Crippen LogP contribution in [0.2, 0.25) is 5.02 Å². The molecule has 27 heavy (non-hydrogen) atoms. The lowest BCUT2D eigenvalue weighted by Crippen LogP contribution is -2.54. The molecule has 3 rings (SSSR count).